The largest absolute Gasteiger partial charge is 0.444 e. The minimum absolute atomic E-state index is 0.0142. The first-order valence-electron chi connectivity index (χ1n) is 10.6. The first kappa shape index (κ1) is 22.1. The van der Waals surface area contributed by atoms with Crippen LogP contribution >= 0.6 is 0 Å². The maximum atomic E-state index is 12.5. The molecule has 2 saturated heterocycles. The highest BCUT2D eigenvalue weighted by Crippen LogP contribution is 2.24. The molecule has 0 aromatic heterocycles. The van der Waals surface area contributed by atoms with Gasteiger partial charge in [-0.1, -0.05) is 18.2 Å². The van der Waals surface area contributed by atoms with Crippen LogP contribution in [-0.2, 0) is 14.3 Å². The molecule has 0 radical (unpaired) electrons. The number of ether oxygens (including phenoxy) is 1. The quantitative estimate of drug-likeness (QED) is 0.790. The first-order valence-corrected chi connectivity index (χ1v) is 10.6. The molecule has 0 spiro atoms. The predicted molar refractivity (Wildman–Crippen MR) is 114 cm³/mol. The zero-order chi connectivity index (χ0) is 21.7. The summed E-state index contributed by atoms with van der Waals surface area (Å²) in [4.78, 5) is 42.5. The second-order valence-electron chi connectivity index (χ2n) is 8.84. The van der Waals surface area contributed by atoms with Crippen molar-refractivity contribution in [2.24, 2.45) is 5.92 Å². The summed E-state index contributed by atoms with van der Waals surface area (Å²) in [5.41, 5.74) is 0.344. The number of rotatable bonds is 5. The summed E-state index contributed by atoms with van der Waals surface area (Å²) in [7, 11) is 0. The third kappa shape index (κ3) is 5.95. The molecule has 1 N–H and O–H groups in total. The van der Waals surface area contributed by atoms with E-state index in [0.717, 1.165) is 25.3 Å². The normalized spacial score (nSPS) is 20.4. The lowest BCUT2D eigenvalue weighted by molar-refractivity contribution is -0.126. The van der Waals surface area contributed by atoms with Crippen LogP contribution in [0.1, 0.15) is 27.2 Å². The molecule has 164 valence electrons. The van der Waals surface area contributed by atoms with E-state index in [2.05, 4.69) is 10.2 Å². The molecule has 3 rings (SSSR count). The Morgan fingerprint density at radius 2 is 1.77 bits per heavy atom. The predicted octanol–water partition coefficient (Wildman–Crippen LogP) is 1.71. The zero-order valence-electron chi connectivity index (χ0n) is 18.1. The maximum absolute atomic E-state index is 12.5. The van der Waals surface area contributed by atoms with Crippen LogP contribution in [0.25, 0.3) is 0 Å². The fourth-order valence-electron chi connectivity index (χ4n) is 3.70. The topological polar surface area (TPSA) is 82.2 Å². The van der Waals surface area contributed by atoms with E-state index in [9.17, 15) is 14.4 Å². The molecule has 2 heterocycles. The maximum Gasteiger partial charge on any atom is 0.410 e. The van der Waals surface area contributed by atoms with Crippen LogP contribution in [-0.4, -0.2) is 79.1 Å². The SMILES string of the molecule is CC(C)(C)OC(=O)N1CCN(CCNC(=O)C2CC(=O)N(c3ccccc3)C2)CC1. The number of carbonyl (C=O) groups excluding carboxylic acids is 3. The summed E-state index contributed by atoms with van der Waals surface area (Å²) in [6.45, 7) is 9.99. The number of piperazine rings is 1. The van der Waals surface area contributed by atoms with Gasteiger partial charge in [-0.3, -0.25) is 14.5 Å². The van der Waals surface area contributed by atoms with Crippen molar-refractivity contribution in [3.63, 3.8) is 0 Å². The first-order chi connectivity index (χ1) is 14.2. The van der Waals surface area contributed by atoms with Crippen LogP contribution < -0.4 is 10.2 Å². The molecular weight excluding hydrogens is 384 g/mol. The second kappa shape index (κ2) is 9.47. The Balaban J connectivity index is 1.37. The highest BCUT2D eigenvalue weighted by molar-refractivity contribution is 6.00. The van der Waals surface area contributed by atoms with Gasteiger partial charge in [-0.15, -0.1) is 0 Å². The van der Waals surface area contributed by atoms with Gasteiger partial charge in [0, 0.05) is 57.9 Å². The van der Waals surface area contributed by atoms with E-state index in [0.29, 0.717) is 26.2 Å². The molecule has 30 heavy (non-hydrogen) atoms. The van der Waals surface area contributed by atoms with Crippen molar-refractivity contribution < 1.29 is 19.1 Å². The zero-order valence-corrected chi connectivity index (χ0v) is 18.1. The molecule has 0 bridgehead atoms. The van der Waals surface area contributed by atoms with Crippen molar-refractivity contribution in [2.45, 2.75) is 32.8 Å². The molecule has 2 aliphatic rings. The summed E-state index contributed by atoms with van der Waals surface area (Å²) in [5, 5.41) is 2.96. The highest BCUT2D eigenvalue weighted by atomic mass is 16.6. The average molecular weight is 417 g/mol. The van der Waals surface area contributed by atoms with E-state index >= 15 is 0 Å². The fourth-order valence-corrected chi connectivity index (χ4v) is 3.70. The van der Waals surface area contributed by atoms with Gasteiger partial charge >= 0.3 is 6.09 Å². The summed E-state index contributed by atoms with van der Waals surface area (Å²) in [6, 6.07) is 9.45. The lowest BCUT2D eigenvalue weighted by Crippen LogP contribution is -2.51. The standard InChI is InChI=1S/C22H32N4O4/c1-22(2,3)30-21(29)25-13-11-24(12-14-25)10-9-23-20(28)17-15-19(27)26(16-17)18-7-5-4-6-8-18/h4-8,17H,9-16H2,1-3H3,(H,23,28). The number of nitrogens with one attached hydrogen (secondary N) is 1. The van der Waals surface area contributed by atoms with Crippen LogP contribution in [0.5, 0.6) is 0 Å². The number of hydrogen-bond acceptors (Lipinski definition) is 5. The van der Waals surface area contributed by atoms with Crippen LogP contribution in [0.15, 0.2) is 30.3 Å². The fraction of sp³-hybridized carbons (Fsp3) is 0.591. The van der Waals surface area contributed by atoms with Gasteiger partial charge in [0.2, 0.25) is 11.8 Å². The summed E-state index contributed by atoms with van der Waals surface area (Å²) >= 11 is 0. The Morgan fingerprint density at radius 1 is 1.10 bits per heavy atom. The van der Waals surface area contributed by atoms with E-state index in [1.165, 1.54) is 0 Å². The van der Waals surface area contributed by atoms with Crippen molar-refractivity contribution in [1.82, 2.24) is 15.1 Å². The number of nitrogens with zero attached hydrogens (tertiary/aromatic N) is 3. The highest BCUT2D eigenvalue weighted by Gasteiger charge is 2.35. The number of benzene rings is 1. The Morgan fingerprint density at radius 3 is 2.40 bits per heavy atom. The molecule has 2 aliphatic heterocycles. The molecule has 8 nitrogen and oxygen atoms in total. The smallest absolute Gasteiger partial charge is 0.410 e. The Labute approximate surface area is 178 Å². The van der Waals surface area contributed by atoms with Gasteiger partial charge < -0.3 is 19.9 Å². The monoisotopic (exact) mass is 416 g/mol. The average Bonchev–Trinajstić information content (AvgIpc) is 3.09. The number of para-hydroxylation sites is 1. The summed E-state index contributed by atoms with van der Waals surface area (Å²) < 4.78 is 5.41. The molecular formula is C22H32N4O4. The lowest BCUT2D eigenvalue weighted by Gasteiger charge is -2.35. The molecule has 0 saturated carbocycles. The van der Waals surface area contributed by atoms with E-state index in [-0.39, 0.29) is 30.2 Å². The summed E-state index contributed by atoms with van der Waals surface area (Å²) in [5.74, 6) is -0.407. The molecule has 0 aliphatic carbocycles. The van der Waals surface area contributed by atoms with Crippen molar-refractivity contribution >= 4 is 23.6 Å². The van der Waals surface area contributed by atoms with Crippen molar-refractivity contribution in [1.29, 1.82) is 0 Å². The van der Waals surface area contributed by atoms with Crippen LogP contribution in [0.2, 0.25) is 0 Å². The number of carbonyl (C=O) groups is 3. The molecule has 1 unspecified atom stereocenters. The number of amides is 3. The van der Waals surface area contributed by atoms with Gasteiger partial charge in [-0.25, -0.2) is 4.79 Å². The van der Waals surface area contributed by atoms with Crippen molar-refractivity contribution in [3.8, 4) is 0 Å². The van der Waals surface area contributed by atoms with Gasteiger partial charge in [0.1, 0.15) is 5.60 Å². The van der Waals surface area contributed by atoms with Gasteiger partial charge in [0.05, 0.1) is 5.92 Å². The van der Waals surface area contributed by atoms with E-state index in [1.54, 1.807) is 9.80 Å². The number of hydrogen-bond donors (Lipinski definition) is 1. The van der Waals surface area contributed by atoms with Crippen molar-refractivity contribution in [2.75, 3.05) is 50.7 Å². The molecule has 3 amide bonds. The van der Waals surface area contributed by atoms with Crippen molar-refractivity contribution in [3.05, 3.63) is 30.3 Å². The van der Waals surface area contributed by atoms with Crippen LogP contribution in [0.4, 0.5) is 10.5 Å². The molecule has 1 aromatic carbocycles. The Kier molecular flexibility index (Phi) is 6.97. The van der Waals surface area contributed by atoms with E-state index in [1.807, 2.05) is 51.1 Å². The minimum atomic E-state index is -0.490. The molecule has 2 fully saturated rings. The number of anilines is 1. The van der Waals surface area contributed by atoms with E-state index < -0.39 is 5.60 Å². The van der Waals surface area contributed by atoms with Gasteiger partial charge in [-0.2, -0.15) is 0 Å². The van der Waals surface area contributed by atoms with Crippen LogP contribution in [0.3, 0.4) is 0 Å². The third-order valence-electron chi connectivity index (χ3n) is 5.31. The Bertz CT molecular complexity index is 754. The van der Waals surface area contributed by atoms with Gasteiger partial charge in [0.25, 0.3) is 0 Å². The molecule has 1 aromatic rings. The van der Waals surface area contributed by atoms with Crippen LogP contribution in [0, 0.1) is 5.92 Å². The van der Waals surface area contributed by atoms with E-state index in [4.69, 9.17) is 4.74 Å². The van der Waals surface area contributed by atoms with Gasteiger partial charge in [0.15, 0.2) is 0 Å². The third-order valence-corrected chi connectivity index (χ3v) is 5.31. The minimum Gasteiger partial charge on any atom is -0.444 e. The molecule has 1 atom stereocenters. The van der Waals surface area contributed by atoms with Gasteiger partial charge in [-0.05, 0) is 32.9 Å². The second-order valence-corrected chi connectivity index (χ2v) is 8.84. The lowest BCUT2D eigenvalue weighted by atomic mass is 10.1. The summed E-state index contributed by atoms with van der Waals surface area (Å²) in [6.07, 6.45) is -0.0284. The molecule has 8 heteroatoms. The Hall–Kier alpha value is -2.61.